The van der Waals surface area contributed by atoms with Gasteiger partial charge in [-0.3, -0.25) is 0 Å². The van der Waals surface area contributed by atoms with Crippen molar-refractivity contribution in [3.8, 4) is 0 Å². The second-order valence-corrected chi connectivity index (χ2v) is 4.15. The Balaban J connectivity index is 1.47. The highest BCUT2D eigenvalue weighted by molar-refractivity contribution is 4.70. The Labute approximate surface area is 91.3 Å². The summed E-state index contributed by atoms with van der Waals surface area (Å²) in [6.45, 7) is 4.25. The van der Waals surface area contributed by atoms with Crippen molar-refractivity contribution in [3.63, 3.8) is 0 Å². The highest BCUT2D eigenvalue weighted by Crippen LogP contribution is 2.13. The summed E-state index contributed by atoms with van der Waals surface area (Å²) >= 11 is 0. The quantitative estimate of drug-likeness (QED) is 0.692. The summed E-state index contributed by atoms with van der Waals surface area (Å²) in [5.41, 5.74) is 0. The van der Waals surface area contributed by atoms with Gasteiger partial charge in [0.15, 0.2) is 6.29 Å². The molecule has 2 aliphatic heterocycles. The van der Waals surface area contributed by atoms with E-state index in [-0.39, 0.29) is 6.29 Å². The van der Waals surface area contributed by atoms with Gasteiger partial charge in [-0.1, -0.05) is 0 Å². The van der Waals surface area contributed by atoms with Crippen LogP contribution in [0.4, 0.5) is 0 Å². The minimum Gasteiger partial charge on any atom is -0.374 e. The van der Waals surface area contributed by atoms with Crippen LogP contribution in [0.3, 0.4) is 0 Å². The topological polar surface area (TPSA) is 39.7 Å². The standard InChI is InChI=1S/C11H21NO3/c1-2-6-14-11(3-1)15-8-7-13-10-4-5-12-9-10/h10-12H,1-9H2/t10-,11?/m1/s1. The number of nitrogens with one attached hydrogen (secondary N) is 1. The molecule has 0 aromatic carbocycles. The van der Waals surface area contributed by atoms with Crippen LogP contribution in [0.2, 0.25) is 0 Å². The lowest BCUT2D eigenvalue weighted by Crippen LogP contribution is -2.25. The molecule has 2 aliphatic rings. The zero-order valence-electron chi connectivity index (χ0n) is 9.24. The van der Waals surface area contributed by atoms with E-state index in [0.717, 1.165) is 32.5 Å². The van der Waals surface area contributed by atoms with Gasteiger partial charge in [0.2, 0.25) is 0 Å². The minimum atomic E-state index is 0.0176. The van der Waals surface area contributed by atoms with Crippen molar-refractivity contribution in [1.29, 1.82) is 0 Å². The van der Waals surface area contributed by atoms with E-state index in [1.807, 2.05) is 0 Å². The van der Waals surface area contributed by atoms with E-state index in [1.54, 1.807) is 0 Å². The summed E-state index contributed by atoms with van der Waals surface area (Å²) < 4.78 is 16.7. The Morgan fingerprint density at radius 1 is 1.13 bits per heavy atom. The minimum absolute atomic E-state index is 0.0176. The molecule has 2 atom stereocenters. The van der Waals surface area contributed by atoms with Crippen LogP contribution in [0.5, 0.6) is 0 Å². The highest BCUT2D eigenvalue weighted by Gasteiger charge is 2.16. The van der Waals surface area contributed by atoms with Gasteiger partial charge in [-0.05, 0) is 32.2 Å². The summed E-state index contributed by atoms with van der Waals surface area (Å²) in [7, 11) is 0. The maximum Gasteiger partial charge on any atom is 0.157 e. The molecule has 4 heteroatoms. The lowest BCUT2D eigenvalue weighted by atomic mass is 10.2. The van der Waals surface area contributed by atoms with Gasteiger partial charge < -0.3 is 19.5 Å². The average molecular weight is 215 g/mol. The molecule has 1 N–H and O–H groups in total. The van der Waals surface area contributed by atoms with Gasteiger partial charge in [0.1, 0.15) is 0 Å². The molecule has 0 bridgehead atoms. The average Bonchev–Trinajstić information content (AvgIpc) is 2.79. The zero-order chi connectivity index (χ0) is 10.3. The summed E-state index contributed by atoms with van der Waals surface area (Å²) in [6, 6.07) is 0. The van der Waals surface area contributed by atoms with Gasteiger partial charge in [0.25, 0.3) is 0 Å². The summed E-state index contributed by atoms with van der Waals surface area (Å²) in [5.74, 6) is 0. The van der Waals surface area contributed by atoms with Gasteiger partial charge in [-0.25, -0.2) is 0 Å². The van der Waals surface area contributed by atoms with Crippen molar-refractivity contribution in [2.75, 3.05) is 32.9 Å². The van der Waals surface area contributed by atoms with Gasteiger partial charge in [-0.2, -0.15) is 0 Å². The molecule has 0 aromatic heterocycles. The normalized spacial score (nSPS) is 32.0. The Morgan fingerprint density at radius 3 is 2.80 bits per heavy atom. The monoisotopic (exact) mass is 215 g/mol. The van der Waals surface area contributed by atoms with Crippen LogP contribution >= 0.6 is 0 Å². The van der Waals surface area contributed by atoms with Crippen LogP contribution in [-0.4, -0.2) is 45.3 Å². The van der Waals surface area contributed by atoms with Crippen LogP contribution in [-0.2, 0) is 14.2 Å². The first-order chi connectivity index (χ1) is 7.45. The number of ether oxygens (including phenoxy) is 3. The predicted molar refractivity (Wildman–Crippen MR) is 56.8 cm³/mol. The third-order valence-corrected chi connectivity index (χ3v) is 2.89. The molecular formula is C11H21NO3. The van der Waals surface area contributed by atoms with Crippen molar-refractivity contribution in [1.82, 2.24) is 5.32 Å². The first-order valence-electron chi connectivity index (χ1n) is 6.00. The molecule has 4 nitrogen and oxygen atoms in total. The van der Waals surface area contributed by atoms with Gasteiger partial charge in [0, 0.05) is 13.2 Å². The molecule has 0 aliphatic carbocycles. The van der Waals surface area contributed by atoms with E-state index in [0.29, 0.717) is 19.3 Å². The zero-order valence-corrected chi connectivity index (χ0v) is 9.24. The molecule has 2 rings (SSSR count). The van der Waals surface area contributed by atoms with Crippen molar-refractivity contribution in [3.05, 3.63) is 0 Å². The Kier molecular flexibility index (Phi) is 4.86. The largest absolute Gasteiger partial charge is 0.374 e. The third kappa shape index (κ3) is 4.07. The Morgan fingerprint density at radius 2 is 2.07 bits per heavy atom. The maximum absolute atomic E-state index is 5.65. The van der Waals surface area contributed by atoms with Crippen molar-refractivity contribution in [2.45, 2.75) is 38.1 Å². The van der Waals surface area contributed by atoms with E-state index in [4.69, 9.17) is 14.2 Å². The van der Waals surface area contributed by atoms with Crippen molar-refractivity contribution >= 4 is 0 Å². The second kappa shape index (κ2) is 6.43. The van der Waals surface area contributed by atoms with Gasteiger partial charge in [-0.15, -0.1) is 0 Å². The van der Waals surface area contributed by atoms with Gasteiger partial charge >= 0.3 is 0 Å². The second-order valence-electron chi connectivity index (χ2n) is 4.15. The SMILES string of the molecule is C1CCC(OCCO[C@@H]2CCNC2)OC1. The van der Waals surface area contributed by atoms with Crippen LogP contribution < -0.4 is 5.32 Å². The fourth-order valence-electron chi connectivity index (χ4n) is 2.01. The molecule has 0 aromatic rings. The fourth-order valence-corrected chi connectivity index (χ4v) is 2.01. The fraction of sp³-hybridized carbons (Fsp3) is 1.00. The van der Waals surface area contributed by atoms with E-state index in [1.165, 1.54) is 12.8 Å². The molecule has 0 spiro atoms. The predicted octanol–water partition coefficient (Wildman–Crippen LogP) is 0.908. The molecule has 2 fully saturated rings. The molecule has 15 heavy (non-hydrogen) atoms. The van der Waals surface area contributed by atoms with Gasteiger partial charge in [0.05, 0.1) is 19.3 Å². The number of hydrogen-bond donors (Lipinski definition) is 1. The molecular weight excluding hydrogens is 194 g/mol. The molecule has 2 saturated heterocycles. The third-order valence-electron chi connectivity index (χ3n) is 2.89. The maximum atomic E-state index is 5.65. The highest BCUT2D eigenvalue weighted by atomic mass is 16.7. The van der Waals surface area contributed by atoms with Crippen LogP contribution in [0, 0.1) is 0 Å². The smallest absolute Gasteiger partial charge is 0.157 e. The summed E-state index contributed by atoms with van der Waals surface area (Å²) in [5, 5.41) is 3.27. The Hall–Kier alpha value is -0.160. The molecule has 0 amide bonds. The summed E-state index contributed by atoms with van der Waals surface area (Å²) in [6.07, 6.45) is 4.96. The van der Waals surface area contributed by atoms with E-state index in [9.17, 15) is 0 Å². The van der Waals surface area contributed by atoms with E-state index in [2.05, 4.69) is 5.32 Å². The molecule has 0 saturated carbocycles. The van der Waals surface area contributed by atoms with Crippen LogP contribution in [0.15, 0.2) is 0 Å². The van der Waals surface area contributed by atoms with Crippen LogP contribution in [0.1, 0.15) is 25.7 Å². The van der Waals surface area contributed by atoms with Crippen molar-refractivity contribution in [2.24, 2.45) is 0 Å². The van der Waals surface area contributed by atoms with Crippen molar-refractivity contribution < 1.29 is 14.2 Å². The van der Waals surface area contributed by atoms with Crippen LogP contribution in [0.25, 0.3) is 0 Å². The molecule has 1 unspecified atom stereocenters. The molecule has 88 valence electrons. The lowest BCUT2D eigenvalue weighted by molar-refractivity contribution is -0.171. The van der Waals surface area contributed by atoms with E-state index >= 15 is 0 Å². The number of hydrogen-bond acceptors (Lipinski definition) is 4. The first kappa shape index (κ1) is 11.3. The first-order valence-corrected chi connectivity index (χ1v) is 6.00. The van der Waals surface area contributed by atoms with E-state index < -0.39 is 0 Å². The summed E-state index contributed by atoms with van der Waals surface area (Å²) in [4.78, 5) is 0. The lowest BCUT2D eigenvalue weighted by Gasteiger charge is -2.22. The molecule has 2 heterocycles. The molecule has 0 radical (unpaired) electrons. The number of rotatable bonds is 5. The Bertz CT molecular complexity index is 165.